The molecule has 0 aliphatic carbocycles. The number of nitrogens with two attached hydrogens (primary N) is 1. The van der Waals surface area contributed by atoms with E-state index >= 15 is 0 Å². The van der Waals surface area contributed by atoms with Gasteiger partial charge in [-0.3, -0.25) is 0 Å². The van der Waals surface area contributed by atoms with Gasteiger partial charge < -0.3 is 15.5 Å². The number of para-hydroxylation sites is 1. The van der Waals surface area contributed by atoms with Gasteiger partial charge in [0.25, 0.3) is 0 Å². The lowest BCUT2D eigenvalue weighted by atomic mass is 9.79. The van der Waals surface area contributed by atoms with Gasteiger partial charge in [0, 0.05) is 50.4 Å². The summed E-state index contributed by atoms with van der Waals surface area (Å²) in [6, 6.07) is 10.8. The molecule has 2 fully saturated rings. The molecule has 2 saturated heterocycles. The zero-order valence-electron chi connectivity index (χ0n) is 10.3. The molecule has 2 aliphatic heterocycles. The van der Waals surface area contributed by atoms with Gasteiger partial charge in [-0.25, -0.2) is 0 Å². The smallest absolute Gasteiger partial charge is 0.0366 e. The summed E-state index contributed by atoms with van der Waals surface area (Å²) in [7, 11) is 0. The highest BCUT2D eigenvalue weighted by atomic mass is 15.3. The van der Waals surface area contributed by atoms with Crippen molar-refractivity contribution in [3.63, 3.8) is 0 Å². The first-order valence-electron chi connectivity index (χ1n) is 6.54. The van der Waals surface area contributed by atoms with Crippen molar-refractivity contribution in [2.75, 3.05) is 44.2 Å². The van der Waals surface area contributed by atoms with E-state index in [0.29, 0.717) is 5.41 Å². The Kier molecular flexibility index (Phi) is 2.81. The lowest BCUT2D eigenvalue weighted by molar-refractivity contribution is 0.0213. The maximum atomic E-state index is 5.59. The number of anilines is 1. The van der Waals surface area contributed by atoms with Gasteiger partial charge in [-0.15, -0.1) is 0 Å². The van der Waals surface area contributed by atoms with Gasteiger partial charge in [0.15, 0.2) is 0 Å². The van der Waals surface area contributed by atoms with Crippen molar-refractivity contribution in [1.82, 2.24) is 4.90 Å². The minimum Gasteiger partial charge on any atom is -0.371 e. The van der Waals surface area contributed by atoms with Crippen LogP contribution < -0.4 is 10.6 Å². The van der Waals surface area contributed by atoms with Crippen molar-refractivity contribution in [2.24, 2.45) is 11.1 Å². The highest BCUT2D eigenvalue weighted by Gasteiger charge is 2.46. The molecule has 3 rings (SSSR count). The number of hydrogen-bond acceptors (Lipinski definition) is 3. The largest absolute Gasteiger partial charge is 0.371 e. The Balaban J connectivity index is 1.60. The van der Waals surface area contributed by atoms with Crippen molar-refractivity contribution in [3.05, 3.63) is 30.3 Å². The second kappa shape index (κ2) is 4.31. The van der Waals surface area contributed by atoms with Crippen LogP contribution in [0.3, 0.4) is 0 Å². The fraction of sp³-hybridized carbons (Fsp3) is 0.571. The predicted molar refractivity (Wildman–Crippen MR) is 71.2 cm³/mol. The zero-order valence-corrected chi connectivity index (χ0v) is 10.3. The molecule has 0 unspecified atom stereocenters. The molecule has 1 aromatic rings. The van der Waals surface area contributed by atoms with Crippen molar-refractivity contribution >= 4 is 5.69 Å². The number of hydrogen-bond donors (Lipinski definition) is 1. The molecule has 0 saturated carbocycles. The van der Waals surface area contributed by atoms with E-state index in [-0.39, 0.29) is 0 Å². The van der Waals surface area contributed by atoms with E-state index < -0.39 is 0 Å². The fourth-order valence-corrected chi connectivity index (χ4v) is 3.30. The van der Waals surface area contributed by atoms with Crippen LogP contribution in [0.4, 0.5) is 5.69 Å². The lowest BCUT2D eigenvalue weighted by Crippen LogP contribution is -2.58. The van der Waals surface area contributed by atoms with E-state index in [2.05, 4.69) is 40.1 Å². The Hall–Kier alpha value is -1.06. The van der Waals surface area contributed by atoms with Crippen molar-refractivity contribution < 1.29 is 0 Å². The van der Waals surface area contributed by atoms with Crippen molar-refractivity contribution in [2.45, 2.75) is 6.42 Å². The normalized spacial score (nSPS) is 23.0. The molecule has 1 spiro atoms. The Bertz CT molecular complexity index is 370. The van der Waals surface area contributed by atoms with Gasteiger partial charge >= 0.3 is 0 Å². The molecule has 0 aromatic heterocycles. The number of rotatable bonds is 3. The summed E-state index contributed by atoms with van der Waals surface area (Å²) in [5, 5.41) is 0. The maximum absolute atomic E-state index is 5.59. The maximum Gasteiger partial charge on any atom is 0.0366 e. The molecule has 17 heavy (non-hydrogen) atoms. The standard InChI is InChI=1S/C14H21N3/c15-7-9-16-10-14(11-16)6-8-17(12-14)13-4-2-1-3-5-13/h1-5H,6-12,15H2. The van der Waals surface area contributed by atoms with Gasteiger partial charge in [-0.2, -0.15) is 0 Å². The van der Waals surface area contributed by atoms with Gasteiger partial charge in [-0.05, 0) is 18.6 Å². The van der Waals surface area contributed by atoms with Crippen molar-refractivity contribution in [1.29, 1.82) is 0 Å². The summed E-state index contributed by atoms with van der Waals surface area (Å²) in [4.78, 5) is 5.01. The summed E-state index contributed by atoms with van der Waals surface area (Å²) >= 11 is 0. The van der Waals surface area contributed by atoms with Crippen LogP contribution in [0, 0.1) is 5.41 Å². The predicted octanol–water partition coefficient (Wildman–Crippen LogP) is 1.16. The molecule has 3 heteroatoms. The molecular weight excluding hydrogens is 210 g/mol. The quantitative estimate of drug-likeness (QED) is 0.847. The average molecular weight is 231 g/mol. The van der Waals surface area contributed by atoms with Crippen LogP contribution in [0.1, 0.15) is 6.42 Å². The SMILES string of the molecule is NCCN1CC2(CCN(c3ccccc3)C2)C1. The third-order valence-electron chi connectivity index (χ3n) is 4.12. The van der Waals surface area contributed by atoms with E-state index in [1.165, 1.54) is 38.3 Å². The molecule has 2 heterocycles. The van der Waals surface area contributed by atoms with Crippen LogP contribution in [-0.4, -0.2) is 44.2 Å². The topological polar surface area (TPSA) is 32.5 Å². The molecular formula is C14H21N3. The zero-order chi connectivity index (χ0) is 11.7. The van der Waals surface area contributed by atoms with Crippen LogP contribution in [-0.2, 0) is 0 Å². The first kappa shape index (κ1) is 11.1. The number of likely N-dealkylation sites (tertiary alicyclic amines) is 1. The monoisotopic (exact) mass is 231 g/mol. The fourth-order valence-electron chi connectivity index (χ4n) is 3.30. The lowest BCUT2D eigenvalue weighted by Gasteiger charge is -2.48. The van der Waals surface area contributed by atoms with Gasteiger partial charge in [-0.1, -0.05) is 18.2 Å². The highest BCUT2D eigenvalue weighted by molar-refractivity contribution is 5.47. The molecule has 92 valence electrons. The molecule has 2 aliphatic rings. The van der Waals surface area contributed by atoms with E-state index in [9.17, 15) is 0 Å². The molecule has 3 nitrogen and oxygen atoms in total. The average Bonchev–Trinajstić information content (AvgIpc) is 2.75. The summed E-state index contributed by atoms with van der Waals surface area (Å²) in [5.74, 6) is 0. The molecule has 1 aromatic carbocycles. The van der Waals surface area contributed by atoms with E-state index in [1.807, 2.05) is 0 Å². The Morgan fingerprint density at radius 1 is 1.12 bits per heavy atom. The minimum absolute atomic E-state index is 0.561. The van der Waals surface area contributed by atoms with E-state index in [1.54, 1.807) is 0 Å². The third-order valence-corrected chi connectivity index (χ3v) is 4.12. The Morgan fingerprint density at radius 2 is 1.88 bits per heavy atom. The first-order valence-corrected chi connectivity index (χ1v) is 6.54. The molecule has 0 atom stereocenters. The van der Waals surface area contributed by atoms with Gasteiger partial charge in [0.1, 0.15) is 0 Å². The first-order chi connectivity index (χ1) is 8.31. The van der Waals surface area contributed by atoms with E-state index in [0.717, 1.165) is 13.1 Å². The second-order valence-corrected chi connectivity index (χ2v) is 5.51. The summed E-state index contributed by atoms with van der Waals surface area (Å²) in [5.41, 5.74) is 7.53. The Morgan fingerprint density at radius 3 is 2.59 bits per heavy atom. The van der Waals surface area contributed by atoms with Crippen molar-refractivity contribution in [3.8, 4) is 0 Å². The summed E-state index contributed by atoms with van der Waals surface area (Å²) in [6.45, 7) is 6.77. The van der Waals surface area contributed by atoms with Gasteiger partial charge in [0.05, 0.1) is 0 Å². The molecule has 0 radical (unpaired) electrons. The number of nitrogens with zero attached hydrogens (tertiary/aromatic N) is 2. The van der Waals surface area contributed by atoms with Crippen LogP contribution in [0.15, 0.2) is 30.3 Å². The second-order valence-electron chi connectivity index (χ2n) is 5.51. The van der Waals surface area contributed by atoms with Crippen LogP contribution in [0.25, 0.3) is 0 Å². The number of benzene rings is 1. The minimum atomic E-state index is 0.561. The van der Waals surface area contributed by atoms with Crippen LogP contribution in [0.5, 0.6) is 0 Å². The molecule has 0 bridgehead atoms. The van der Waals surface area contributed by atoms with Gasteiger partial charge in [0.2, 0.25) is 0 Å². The molecule has 2 N–H and O–H groups in total. The Labute approximate surface area is 103 Å². The highest BCUT2D eigenvalue weighted by Crippen LogP contribution is 2.40. The third kappa shape index (κ3) is 2.05. The summed E-state index contributed by atoms with van der Waals surface area (Å²) < 4.78 is 0. The molecule has 0 amide bonds. The van der Waals surface area contributed by atoms with E-state index in [4.69, 9.17) is 5.73 Å². The summed E-state index contributed by atoms with van der Waals surface area (Å²) in [6.07, 6.45) is 1.34. The van der Waals surface area contributed by atoms with Crippen LogP contribution >= 0.6 is 0 Å². The van der Waals surface area contributed by atoms with Crippen LogP contribution in [0.2, 0.25) is 0 Å².